The zero-order chi connectivity index (χ0) is 14.1. The summed E-state index contributed by atoms with van der Waals surface area (Å²) in [5.41, 5.74) is 9.20. The van der Waals surface area contributed by atoms with E-state index in [1.807, 2.05) is 43.3 Å². The minimum Gasteiger partial charge on any atom is -0.383 e. The van der Waals surface area contributed by atoms with Crippen molar-refractivity contribution in [3.8, 4) is 16.9 Å². The van der Waals surface area contributed by atoms with Crippen LogP contribution in [0.1, 0.15) is 5.56 Å². The molecule has 2 aromatic heterocycles. The van der Waals surface area contributed by atoms with Gasteiger partial charge >= 0.3 is 0 Å². The van der Waals surface area contributed by atoms with Crippen LogP contribution in [-0.4, -0.2) is 14.8 Å². The molecular formula is C15H14N4O. The minimum atomic E-state index is -0.158. The Bertz CT molecular complexity index is 802. The SMILES string of the molecule is Cc1c(-c2cc[nH]c(=O)c2)nn(-c2ccccc2)c1N. The van der Waals surface area contributed by atoms with Crippen LogP contribution in [0, 0.1) is 6.92 Å². The second-order valence-corrected chi connectivity index (χ2v) is 4.55. The number of para-hydroxylation sites is 1. The third-order valence-corrected chi connectivity index (χ3v) is 3.22. The fourth-order valence-electron chi connectivity index (χ4n) is 2.14. The Labute approximate surface area is 115 Å². The van der Waals surface area contributed by atoms with Crippen molar-refractivity contribution in [3.63, 3.8) is 0 Å². The average molecular weight is 266 g/mol. The molecule has 3 aromatic rings. The normalized spacial score (nSPS) is 10.7. The molecule has 3 rings (SSSR count). The van der Waals surface area contributed by atoms with Crippen LogP contribution in [0.15, 0.2) is 53.5 Å². The van der Waals surface area contributed by atoms with Crippen LogP contribution >= 0.6 is 0 Å². The summed E-state index contributed by atoms with van der Waals surface area (Å²) in [6.07, 6.45) is 1.61. The van der Waals surface area contributed by atoms with Crippen molar-refractivity contribution in [1.29, 1.82) is 0 Å². The highest BCUT2D eigenvalue weighted by Crippen LogP contribution is 2.27. The summed E-state index contributed by atoms with van der Waals surface area (Å²) in [6.45, 7) is 1.90. The van der Waals surface area contributed by atoms with Crippen molar-refractivity contribution in [2.75, 3.05) is 5.73 Å². The number of nitrogen functional groups attached to an aromatic ring is 1. The van der Waals surface area contributed by atoms with Crippen LogP contribution < -0.4 is 11.3 Å². The van der Waals surface area contributed by atoms with E-state index in [1.54, 1.807) is 10.9 Å². The highest BCUT2D eigenvalue weighted by molar-refractivity contribution is 5.68. The number of anilines is 1. The molecule has 0 bridgehead atoms. The lowest BCUT2D eigenvalue weighted by Crippen LogP contribution is -2.03. The molecule has 0 spiro atoms. The van der Waals surface area contributed by atoms with Gasteiger partial charge in [-0.2, -0.15) is 5.10 Å². The van der Waals surface area contributed by atoms with Crippen LogP contribution in [0.4, 0.5) is 5.82 Å². The lowest BCUT2D eigenvalue weighted by atomic mass is 10.1. The molecule has 100 valence electrons. The maximum Gasteiger partial charge on any atom is 0.248 e. The highest BCUT2D eigenvalue weighted by Gasteiger charge is 2.14. The van der Waals surface area contributed by atoms with Crippen LogP contribution in [0.25, 0.3) is 16.9 Å². The monoisotopic (exact) mass is 266 g/mol. The molecule has 20 heavy (non-hydrogen) atoms. The Morgan fingerprint density at radius 3 is 2.65 bits per heavy atom. The number of nitrogens with one attached hydrogen (secondary N) is 1. The number of nitrogens with two attached hydrogens (primary N) is 1. The molecule has 0 aliphatic carbocycles. The lowest BCUT2D eigenvalue weighted by Gasteiger charge is -2.02. The fraction of sp³-hybridized carbons (Fsp3) is 0.0667. The third kappa shape index (κ3) is 1.99. The molecule has 2 heterocycles. The minimum absolute atomic E-state index is 0.158. The molecule has 3 N–H and O–H groups in total. The summed E-state index contributed by atoms with van der Waals surface area (Å²) in [5, 5.41) is 4.53. The van der Waals surface area contributed by atoms with Gasteiger partial charge in [0.05, 0.1) is 11.4 Å². The molecule has 0 fully saturated rings. The first-order chi connectivity index (χ1) is 9.66. The molecule has 5 nitrogen and oxygen atoms in total. The Hall–Kier alpha value is -2.82. The number of aromatic nitrogens is 3. The van der Waals surface area contributed by atoms with E-state index in [-0.39, 0.29) is 5.56 Å². The second kappa shape index (κ2) is 4.70. The standard InChI is InChI=1S/C15H14N4O/c1-10-14(11-7-8-17-13(20)9-11)18-19(15(10)16)12-5-3-2-4-6-12/h2-9H,16H2,1H3,(H,17,20). The molecule has 0 atom stereocenters. The summed E-state index contributed by atoms with van der Waals surface area (Å²) >= 11 is 0. The van der Waals surface area contributed by atoms with E-state index in [4.69, 9.17) is 5.73 Å². The Balaban J connectivity index is 2.18. The van der Waals surface area contributed by atoms with Gasteiger partial charge in [-0.15, -0.1) is 0 Å². The van der Waals surface area contributed by atoms with Gasteiger partial charge in [0.1, 0.15) is 5.82 Å². The number of rotatable bonds is 2. The molecule has 0 unspecified atom stereocenters. The van der Waals surface area contributed by atoms with Crippen molar-refractivity contribution in [2.45, 2.75) is 6.92 Å². The lowest BCUT2D eigenvalue weighted by molar-refractivity contribution is 0.895. The largest absolute Gasteiger partial charge is 0.383 e. The molecule has 0 amide bonds. The first-order valence-corrected chi connectivity index (χ1v) is 6.26. The van der Waals surface area contributed by atoms with E-state index in [9.17, 15) is 4.79 Å². The first-order valence-electron chi connectivity index (χ1n) is 6.26. The maximum absolute atomic E-state index is 11.4. The number of aromatic amines is 1. The number of hydrogen-bond acceptors (Lipinski definition) is 3. The van der Waals surface area contributed by atoms with Crippen LogP contribution in [0.2, 0.25) is 0 Å². The summed E-state index contributed by atoms with van der Waals surface area (Å²) in [6, 6.07) is 13.0. The predicted molar refractivity (Wildman–Crippen MR) is 78.8 cm³/mol. The summed E-state index contributed by atoms with van der Waals surface area (Å²) < 4.78 is 1.69. The van der Waals surface area contributed by atoms with Gasteiger partial charge in [-0.25, -0.2) is 4.68 Å². The van der Waals surface area contributed by atoms with Gasteiger partial charge in [0, 0.05) is 23.4 Å². The molecule has 0 saturated heterocycles. The number of nitrogens with zero attached hydrogens (tertiary/aromatic N) is 2. The van der Waals surface area contributed by atoms with Crippen LogP contribution in [-0.2, 0) is 0 Å². The zero-order valence-electron chi connectivity index (χ0n) is 11.0. The van der Waals surface area contributed by atoms with Gasteiger partial charge in [0.25, 0.3) is 0 Å². The second-order valence-electron chi connectivity index (χ2n) is 4.55. The topological polar surface area (TPSA) is 76.7 Å². The molecule has 0 aliphatic heterocycles. The van der Waals surface area contributed by atoms with E-state index in [1.165, 1.54) is 6.07 Å². The molecule has 0 saturated carbocycles. The maximum atomic E-state index is 11.4. The smallest absolute Gasteiger partial charge is 0.248 e. The van der Waals surface area contributed by atoms with Gasteiger partial charge in [-0.1, -0.05) is 18.2 Å². The van der Waals surface area contributed by atoms with Crippen molar-refractivity contribution in [3.05, 3.63) is 64.6 Å². The van der Waals surface area contributed by atoms with Gasteiger partial charge in [-0.05, 0) is 25.1 Å². The van der Waals surface area contributed by atoms with Gasteiger partial charge in [0.15, 0.2) is 0 Å². The van der Waals surface area contributed by atoms with Crippen molar-refractivity contribution in [2.24, 2.45) is 0 Å². The number of benzene rings is 1. The Morgan fingerprint density at radius 1 is 1.20 bits per heavy atom. The fourth-order valence-corrected chi connectivity index (χ4v) is 2.14. The molecule has 1 aromatic carbocycles. The van der Waals surface area contributed by atoms with E-state index < -0.39 is 0 Å². The summed E-state index contributed by atoms with van der Waals surface area (Å²) in [5.74, 6) is 0.575. The molecular weight excluding hydrogens is 252 g/mol. The van der Waals surface area contributed by atoms with Crippen LogP contribution in [0.5, 0.6) is 0 Å². The number of pyridine rings is 1. The average Bonchev–Trinajstić information content (AvgIpc) is 2.76. The number of H-pyrrole nitrogens is 1. The van der Waals surface area contributed by atoms with Crippen molar-refractivity contribution < 1.29 is 0 Å². The van der Waals surface area contributed by atoms with E-state index in [0.717, 1.165) is 22.5 Å². The zero-order valence-corrected chi connectivity index (χ0v) is 11.0. The summed E-state index contributed by atoms with van der Waals surface area (Å²) in [4.78, 5) is 14.0. The molecule has 5 heteroatoms. The van der Waals surface area contributed by atoms with Gasteiger partial charge in [0.2, 0.25) is 5.56 Å². The molecule has 0 radical (unpaired) electrons. The van der Waals surface area contributed by atoms with E-state index in [2.05, 4.69) is 10.1 Å². The van der Waals surface area contributed by atoms with E-state index >= 15 is 0 Å². The highest BCUT2D eigenvalue weighted by atomic mass is 16.1. The van der Waals surface area contributed by atoms with E-state index in [0.29, 0.717) is 5.82 Å². The third-order valence-electron chi connectivity index (χ3n) is 3.22. The first kappa shape index (κ1) is 12.2. The van der Waals surface area contributed by atoms with Crippen molar-refractivity contribution in [1.82, 2.24) is 14.8 Å². The predicted octanol–water partition coefficient (Wildman–Crippen LogP) is 2.12. The Kier molecular flexibility index (Phi) is 2.87. The number of hydrogen-bond donors (Lipinski definition) is 2. The van der Waals surface area contributed by atoms with Crippen molar-refractivity contribution >= 4 is 5.82 Å². The van der Waals surface area contributed by atoms with Gasteiger partial charge < -0.3 is 10.7 Å². The van der Waals surface area contributed by atoms with Gasteiger partial charge in [-0.3, -0.25) is 4.79 Å². The molecule has 0 aliphatic rings. The quantitative estimate of drug-likeness (QED) is 0.746. The van der Waals surface area contributed by atoms with Crippen LogP contribution in [0.3, 0.4) is 0 Å². The summed E-state index contributed by atoms with van der Waals surface area (Å²) in [7, 11) is 0. The Morgan fingerprint density at radius 2 is 1.95 bits per heavy atom.